The summed E-state index contributed by atoms with van der Waals surface area (Å²) in [5.74, 6) is 0. The van der Waals surface area contributed by atoms with Crippen LogP contribution in [-0.2, 0) is 0 Å². The highest BCUT2D eigenvalue weighted by Crippen LogP contribution is 2.23. The highest BCUT2D eigenvalue weighted by atomic mass is 79.9. The third-order valence-corrected chi connectivity index (χ3v) is 2.17. The van der Waals surface area contributed by atoms with Gasteiger partial charge in [-0.05, 0) is 33.1 Å². The molecule has 0 saturated heterocycles. The molecular weight excluding hydrogens is 236 g/mol. The van der Waals surface area contributed by atoms with Gasteiger partial charge in [0.15, 0.2) is 0 Å². The van der Waals surface area contributed by atoms with E-state index in [9.17, 15) is 0 Å². The van der Waals surface area contributed by atoms with E-state index in [2.05, 4.69) is 30.9 Å². The van der Waals surface area contributed by atoms with E-state index in [-0.39, 0.29) is 6.61 Å². The van der Waals surface area contributed by atoms with E-state index in [1.54, 1.807) is 18.3 Å². The third-order valence-electron chi connectivity index (χ3n) is 1.51. The SMILES string of the molecule is [N-]=[N+]=NC(CO)c1cccnc1Br. The summed E-state index contributed by atoms with van der Waals surface area (Å²) in [6.45, 7) is -0.228. The molecule has 6 heteroatoms. The lowest BCUT2D eigenvalue weighted by atomic mass is 10.1. The van der Waals surface area contributed by atoms with Crippen LogP contribution in [0.4, 0.5) is 0 Å². The van der Waals surface area contributed by atoms with Crippen molar-refractivity contribution < 1.29 is 5.11 Å². The van der Waals surface area contributed by atoms with E-state index < -0.39 is 6.04 Å². The average molecular weight is 243 g/mol. The van der Waals surface area contributed by atoms with Gasteiger partial charge >= 0.3 is 0 Å². The molecule has 5 nitrogen and oxygen atoms in total. The van der Waals surface area contributed by atoms with Gasteiger partial charge < -0.3 is 5.11 Å². The summed E-state index contributed by atoms with van der Waals surface area (Å²) in [5, 5.41) is 12.4. The molecule has 0 aliphatic carbocycles. The average Bonchev–Trinajstić information content (AvgIpc) is 2.16. The van der Waals surface area contributed by atoms with Crippen LogP contribution in [0.15, 0.2) is 28.0 Å². The maximum Gasteiger partial charge on any atom is 0.109 e. The summed E-state index contributed by atoms with van der Waals surface area (Å²) >= 11 is 3.20. The summed E-state index contributed by atoms with van der Waals surface area (Å²) in [7, 11) is 0. The van der Waals surface area contributed by atoms with Crippen LogP contribution in [0.3, 0.4) is 0 Å². The summed E-state index contributed by atoms with van der Waals surface area (Å²) in [5.41, 5.74) is 8.91. The zero-order chi connectivity index (χ0) is 9.68. The van der Waals surface area contributed by atoms with Gasteiger partial charge in [0.05, 0.1) is 12.6 Å². The standard InChI is InChI=1S/C7H7BrN4O/c8-7-5(2-1-3-10-7)6(4-13)11-12-9/h1-3,6,13H,4H2. The van der Waals surface area contributed by atoms with Crippen LogP contribution >= 0.6 is 15.9 Å². The van der Waals surface area contributed by atoms with Gasteiger partial charge in [-0.1, -0.05) is 11.2 Å². The molecule has 1 aromatic rings. The minimum absolute atomic E-state index is 0.228. The van der Waals surface area contributed by atoms with Gasteiger partial charge in [-0.15, -0.1) is 0 Å². The summed E-state index contributed by atoms with van der Waals surface area (Å²) in [4.78, 5) is 6.59. The number of aliphatic hydroxyl groups is 1. The smallest absolute Gasteiger partial charge is 0.109 e. The maximum atomic E-state index is 8.92. The molecule has 0 aliphatic heterocycles. The molecule has 0 fully saturated rings. The van der Waals surface area contributed by atoms with Crippen LogP contribution in [0, 0.1) is 0 Å². The van der Waals surface area contributed by atoms with Gasteiger partial charge in [-0.2, -0.15) is 0 Å². The van der Waals surface area contributed by atoms with Crippen molar-refractivity contribution in [2.75, 3.05) is 6.61 Å². The van der Waals surface area contributed by atoms with Gasteiger partial charge in [0, 0.05) is 11.1 Å². The zero-order valence-electron chi connectivity index (χ0n) is 6.63. The predicted octanol–water partition coefficient (Wildman–Crippen LogP) is 2.19. The molecule has 1 N–H and O–H groups in total. The lowest BCUT2D eigenvalue weighted by Gasteiger charge is -2.08. The van der Waals surface area contributed by atoms with Crippen molar-refractivity contribution in [2.24, 2.45) is 5.11 Å². The van der Waals surface area contributed by atoms with Crippen LogP contribution < -0.4 is 0 Å². The van der Waals surface area contributed by atoms with Gasteiger partial charge in [-0.25, -0.2) is 4.98 Å². The lowest BCUT2D eigenvalue weighted by molar-refractivity contribution is 0.267. The second-order valence-electron chi connectivity index (χ2n) is 2.29. The van der Waals surface area contributed by atoms with E-state index in [0.717, 1.165) is 0 Å². The van der Waals surface area contributed by atoms with Crippen molar-refractivity contribution in [1.29, 1.82) is 0 Å². The summed E-state index contributed by atoms with van der Waals surface area (Å²) < 4.78 is 0.585. The molecule has 1 unspecified atom stereocenters. The number of rotatable bonds is 3. The first-order chi connectivity index (χ1) is 6.29. The molecule has 0 bridgehead atoms. The summed E-state index contributed by atoms with van der Waals surface area (Å²) in [6.07, 6.45) is 1.61. The molecule has 0 amide bonds. The largest absolute Gasteiger partial charge is 0.396 e. The van der Waals surface area contributed by atoms with E-state index in [1.807, 2.05) is 0 Å². The van der Waals surface area contributed by atoms with Crippen LogP contribution in [-0.4, -0.2) is 16.7 Å². The van der Waals surface area contributed by atoms with Crippen LogP contribution in [0.5, 0.6) is 0 Å². The molecule has 0 saturated carbocycles. The first-order valence-electron chi connectivity index (χ1n) is 3.55. The third kappa shape index (κ3) is 2.42. The molecule has 68 valence electrons. The van der Waals surface area contributed by atoms with Gasteiger partial charge in [0.25, 0.3) is 0 Å². The fourth-order valence-electron chi connectivity index (χ4n) is 0.906. The fraction of sp³-hybridized carbons (Fsp3) is 0.286. The minimum atomic E-state index is -0.576. The number of hydrogen-bond acceptors (Lipinski definition) is 3. The monoisotopic (exact) mass is 242 g/mol. The fourth-order valence-corrected chi connectivity index (χ4v) is 1.42. The van der Waals surface area contributed by atoms with Crippen molar-refractivity contribution in [2.45, 2.75) is 6.04 Å². The van der Waals surface area contributed by atoms with Crippen LogP contribution in [0.25, 0.3) is 10.4 Å². The molecular formula is C7H7BrN4O. The topological polar surface area (TPSA) is 81.9 Å². The number of halogens is 1. The first kappa shape index (κ1) is 9.98. The Bertz CT molecular complexity index is 337. The highest BCUT2D eigenvalue weighted by Gasteiger charge is 2.11. The van der Waals surface area contributed by atoms with E-state index in [4.69, 9.17) is 10.6 Å². The molecule has 1 atom stereocenters. The molecule has 0 aliphatic rings. The Morgan fingerprint density at radius 1 is 1.77 bits per heavy atom. The predicted molar refractivity (Wildman–Crippen MR) is 50.9 cm³/mol. The van der Waals surface area contributed by atoms with Crippen LogP contribution in [0.2, 0.25) is 0 Å². The molecule has 1 rings (SSSR count). The first-order valence-corrected chi connectivity index (χ1v) is 4.34. The van der Waals surface area contributed by atoms with E-state index >= 15 is 0 Å². The van der Waals surface area contributed by atoms with Crippen LogP contribution in [0.1, 0.15) is 11.6 Å². The Labute approximate surface area is 83.2 Å². The normalized spacial score (nSPS) is 11.8. The Hall–Kier alpha value is -1.10. The number of hydrogen-bond donors (Lipinski definition) is 1. The Morgan fingerprint density at radius 3 is 3.08 bits per heavy atom. The molecule has 0 radical (unpaired) electrons. The second kappa shape index (κ2) is 4.81. The lowest BCUT2D eigenvalue weighted by Crippen LogP contribution is -2.01. The van der Waals surface area contributed by atoms with Gasteiger partial charge in [0.1, 0.15) is 4.60 Å². The number of aromatic nitrogens is 1. The molecule has 0 spiro atoms. The molecule has 1 aromatic heterocycles. The van der Waals surface area contributed by atoms with E-state index in [1.165, 1.54) is 0 Å². The second-order valence-corrected chi connectivity index (χ2v) is 3.04. The Morgan fingerprint density at radius 2 is 2.54 bits per heavy atom. The van der Waals surface area contributed by atoms with Crippen molar-refractivity contribution in [1.82, 2.24) is 4.98 Å². The van der Waals surface area contributed by atoms with Crippen molar-refractivity contribution in [3.05, 3.63) is 38.9 Å². The zero-order valence-corrected chi connectivity index (χ0v) is 8.22. The van der Waals surface area contributed by atoms with Crippen molar-refractivity contribution in [3.8, 4) is 0 Å². The summed E-state index contributed by atoms with van der Waals surface area (Å²) in [6, 6.07) is 2.88. The van der Waals surface area contributed by atoms with E-state index in [0.29, 0.717) is 10.2 Å². The highest BCUT2D eigenvalue weighted by molar-refractivity contribution is 9.10. The number of aliphatic hydroxyl groups excluding tert-OH is 1. The maximum absolute atomic E-state index is 8.92. The van der Waals surface area contributed by atoms with Crippen molar-refractivity contribution in [3.63, 3.8) is 0 Å². The number of nitrogens with zero attached hydrogens (tertiary/aromatic N) is 4. The van der Waals surface area contributed by atoms with Crippen molar-refractivity contribution >= 4 is 15.9 Å². The van der Waals surface area contributed by atoms with Gasteiger partial charge in [-0.3, -0.25) is 0 Å². The molecule has 13 heavy (non-hydrogen) atoms. The van der Waals surface area contributed by atoms with Gasteiger partial charge in [0.2, 0.25) is 0 Å². The Kier molecular flexibility index (Phi) is 3.70. The minimum Gasteiger partial charge on any atom is -0.396 e. The number of pyridine rings is 1. The quantitative estimate of drug-likeness (QED) is 0.382. The molecule has 1 heterocycles. The molecule has 0 aromatic carbocycles. The number of azide groups is 1. The Balaban J connectivity index is 3.04.